The van der Waals surface area contributed by atoms with Crippen molar-refractivity contribution in [2.75, 3.05) is 19.7 Å². The van der Waals surface area contributed by atoms with E-state index >= 15 is 0 Å². The van der Waals surface area contributed by atoms with Gasteiger partial charge in [0.1, 0.15) is 6.54 Å². The zero-order chi connectivity index (χ0) is 14.6. The first-order valence-electron chi connectivity index (χ1n) is 5.16. The van der Waals surface area contributed by atoms with Gasteiger partial charge in [0, 0.05) is 16.6 Å². The summed E-state index contributed by atoms with van der Waals surface area (Å²) in [4.78, 5) is 12.5. The third kappa shape index (κ3) is 5.00. The van der Waals surface area contributed by atoms with E-state index in [1.807, 2.05) is 0 Å². The van der Waals surface area contributed by atoms with E-state index in [9.17, 15) is 18.0 Å². The number of aliphatic hydroxyl groups excluding tert-OH is 1. The monoisotopic (exact) mass is 359 g/mol. The van der Waals surface area contributed by atoms with Crippen molar-refractivity contribution in [2.24, 2.45) is 0 Å². The molecule has 8 heteroatoms. The van der Waals surface area contributed by atoms with Gasteiger partial charge in [-0.1, -0.05) is 11.6 Å². The van der Waals surface area contributed by atoms with Crippen molar-refractivity contribution < 1.29 is 23.1 Å². The predicted octanol–water partition coefficient (Wildman–Crippen LogP) is 3.10. The molecule has 0 aromatic heterocycles. The van der Waals surface area contributed by atoms with Gasteiger partial charge in [-0.25, -0.2) is 0 Å². The summed E-state index contributed by atoms with van der Waals surface area (Å²) < 4.78 is 37.4. The third-order valence-corrected chi connectivity index (χ3v) is 3.41. The summed E-state index contributed by atoms with van der Waals surface area (Å²) in [6, 6.07) is 4.07. The molecule has 0 aliphatic heterocycles. The second-order valence-corrected chi connectivity index (χ2v) is 4.96. The zero-order valence-corrected chi connectivity index (χ0v) is 11.9. The fourth-order valence-electron chi connectivity index (χ4n) is 1.40. The first kappa shape index (κ1) is 16.3. The molecule has 0 radical (unpaired) electrons. The van der Waals surface area contributed by atoms with Crippen LogP contribution in [-0.4, -0.2) is 41.8 Å². The fourth-order valence-corrected chi connectivity index (χ4v) is 1.90. The standard InChI is InChI=1S/C11H10BrClF3NO2/c12-8-5-7(1-2-9(8)13)10(19)17(3-4-18)6-11(14,15)16/h1-2,5,18H,3-4,6H2. The Morgan fingerprint density at radius 1 is 1.42 bits per heavy atom. The molecule has 1 aromatic rings. The van der Waals surface area contributed by atoms with Crippen LogP contribution in [0.2, 0.25) is 5.02 Å². The molecule has 0 heterocycles. The molecule has 0 aliphatic carbocycles. The van der Waals surface area contributed by atoms with Crippen molar-refractivity contribution in [3.8, 4) is 0 Å². The second-order valence-electron chi connectivity index (χ2n) is 3.69. The molecule has 0 fully saturated rings. The summed E-state index contributed by atoms with van der Waals surface area (Å²) in [5.41, 5.74) is 0.0639. The van der Waals surface area contributed by atoms with Gasteiger partial charge in [0.15, 0.2) is 0 Å². The Hall–Kier alpha value is -0.790. The molecule has 0 saturated carbocycles. The zero-order valence-electron chi connectivity index (χ0n) is 9.55. The molecule has 1 amide bonds. The SMILES string of the molecule is O=C(c1ccc(Cl)c(Br)c1)N(CCO)CC(F)(F)F. The number of amides is 1. The first-order chi connectivity index (χ1) is 8.74. The lowest BCUT2D eigenvalue weighted by molar-refractivity contribution is -0.141. The van der Waals surface area contributed by atoms with Crippen molar-refractivity contribution in [3.05, 3.63) is 33.3 Å². The summed E-state index contributed by atoms with van der Waals surface area (Å²) >= 11 is 8.83. The smallest absolute Gasteiger partial charge is 0.395 e. The van der Waals surface area contributed by atoms with Crippen LogP contribution >= 0.6 is 27.5 Å². The number of benzene rings is 1. The highest BCUT2D eigenvalue weighted by Gasteiger charge is 2.33. The van der Waals surface area contributed by atoms with Gasteiger partial charge >= 0.3 is 6.18 Å². The molecule has 0 saturated heterocycles. The minimum absolute atomic E-state index is 0.0639. The van der Waals surface area contributed by atoms with Crippen molar-refractivity contribution in [3.63, 3.8) is 0 Å². The van der Waals surface area contributed by atoms with Gasteiger partial charge in [0.25, 0.3) is 5.91 Å². The highest BCUT2D eigenvalue weighted by Crippen LogP contribution is 2.24. The van der Waals surface area contributed by atoms with Crippen molar-refractivity contribution in [2.45, 2.75) is 6.18 Å². The van der Waals surface area contributed by atoms with Crippen LogP contribution in [0.5, 0.6) is 0 Å². The van der Waals surface area contributed by atoms with Gasteiger partial charge in [0.2, 0.25) is 0 Å². The van der Waals surface area contributed by atoms with Crippen LogP contribution < -0.4 is 0 Å². The molecule has 106 valence electrons. The van der Waals surface area contributed by atoms with Crippen LogP contribution in [0.4, 0.5) is 13.2 Å². The van der Waals surface area contributed by atoms with Crippen LogP contribution in [0.15, 0.2) is 22.7 Å². The Morgan fingerprint density at radius 2 is 2.05 bits per heavy atom. The molecular weight excluding hydrogens is 350 g/mol. The van der Waals surface area contributed by atoms with Gasteiger partial charge in [-0.3, -0.25) is 4.79 Å². The normalized spacial score (nSPS) is 11.5. The Morgan fingerprint density at radius 3 is 2.53 bits per heavy atom. The molecule has 3 nitrogen and oxygen atoms in total. The second kappa shape index (κ2) is 6.58. The van der Waals surface area contributed by atoms with Gasteiger partial charge < -0.3 is 10.0 Å². The number of halogens is 5. The highest BCUT2D eigenvalue weighted by atomic mass is 79.9. The van der Waals surface area contributed by atoms with E-state index in [-0.39, 0.29) is 5.56 Å². The fraction of sp³-hybridized carbons (Fsp3) is 0.364. The molecule has 19 heavy (non-hydrogen) atoms. The van der Waals surface area contributed by atoms with Gasteiger partial charge in [0.05, 0.1) is 11.6 Å². The average molecular weight is 361 g/mol. The van der Waals surface area contributed by atoms with E-state index < -0.39 is 31.8 Å². The maximum atomic E-state index is 12.3. The Kier molecular flexibility index (Phi) is 5.64. The number of rotatable bonds is 4. The van der Waals surface area contributed by atoms with Gasteiger partial charge in [-0.2, -0.15) is 13.2 Å². The van der Waals surface area contributed by atoms with Crippen LogP contribution in [0.1, 0.15) is 10.4 Å². The third-order valence-electron chi connectivity index (χ3n) is 2.19. The predicted molar refractivity (Wildman–Crippen MR) is 68.2 cm³/mol. The number of hydrogen-bond acceptors (Lipinski definition) is 2. The van der Waals surface area contributed by atoms with Crippen molar-refractivity contribution in [1.82, 2.24) is 4.90 Å². The summed E-state index contributed by atoms with van der Waals surface area (Å²) in [6.45, 7) is -2.35. The number of alkyl halides is 3. The number of hydrogen-bond donors (Lipinski definition) is 1. The summed E-state index contributed by atoms with van der Waals surface area (Å²) in [7, 11) is 0. The van der Waals surface area contributed by atoms with Crippen molar-refractivity contribution >= 4 is 33.4 Å². The lowest BCUT2D eigenvalue weighted by Gasteiger charge is -2.23. The summed E-state index contributed by atoms with van der Waals surface area (Å²) in [5.74, 6) is -0.816. The molecule has 0 spiro atoms. The van der Waals surface area contributed by atoms with Crippen LogP contribution in [0.3, 0.4) is 0 Å². The molecule has 1 N–H and O–H groups in total. The van der Waals surface area contributed by atoms with E-state index in [1.54, 1.807) is 0 Å². The van der Waals surface area contributed by atoms with Gasteiger partial charge in [-0.15, -0.1) is 0 Å². The number of carbonyl (C=O) groups is 1. The van der Waals surface area contributed by atoms with Gasteiger partial charge in [-0.05, 0) is 34.1 Å². The van der Waals surface area contributed by atoms with Crippen molar-refractivity contribution in [1.29, 1.82) is 0 Å². The lowest BCUT2D eigenvalue weighted by Crippen LogP contribution is -2.40. The first-order valence-corrected chi connectivity index (χ1v) is 6.33. The molecule has 1 rings (SSSR count). The molecule has 0 atom stereocenters. The molecule has 0 unspecified atom stereocenters. The van der Waals surface area contributed by atoms with E-state index in [2.05, 4.69) is 15.9 Å². The van der Waals surface area contributed by atoms with E-state index in [0.29, 0.717) is 14.4 Å². The Labute approximate surface area is 121 Å². The summed E-state index contributed by atoms with van der Waals surface area (Å²) in [5, 5.41) is 9.08. The molecular formula is C11H10BrClF3NO2. The molecule has 0 bridgehead atoms. The Bertz CT molecular complexity index is 468. The number of aliphatic hydroxyl groups is 1. The average Bonchev–Trinajstić information content (AvgIpc) is 2.29. The quantitative estimate of drug-likeness (QED) is 0.896. The Balaban J connectivity index is 2.95. The molecule has 0 aliphatic rings. The van der Waals surface area contributed by atoms with E-state index in [4.69, 9.17) is 16.7 Å². The topological polar surface area (TPSA) is 40.5 Å². The molecule has 1 aromatic carbocycles. The summed E-state index contributed by atoms with van der Waals surface area (Å²) in [6.07, 6.45) is -4.52. The van der Waals surface area contributed by atoms with E-state index in [1.165, 1.54) is 18.2 Å². The minimum atomic E-state index is -4.52. The highest BCUT2D eigenvalue weighted by molar-refractivity contribution is 9.10. The van der Waals surface area contributed by atoms with Crippen LogP contribution in [0.25, 0.3) is 0 Å². The minimum Gasteiger partial charge on any atom is -0.395 e. The van der Waals surface area contributed by atoms with E-state index in [0.717, 1.165) is 0 Å². The number of carbonyl (C=O) groups excluding carboxylic acids is 1. The largest absolute Gasteiger partial charge is 0.406 e. The van der Waals surface area contributed by atoms with Crippen LogP contribution in [0, 0.1) is 0 Å². The van der Waals surface area contributed by atoms with Crippen LogP contribution in [-0.2, 0) is 0 Å². The maximum absolute atomic E-state index is 12.3. The maximum Gasteiger partial charge on any atom is 0.406 e. The number of nitrogens with zero attached hydrogens (tertiary/aromatic N) is 1. The lowest BCUT2D eigenvalue weighted by atomic mass is 10.2.